The third kappa shape index (κ3) is 4.25. The van der Waals surface area contributed by atoms with Gasteiger partial charge in [-0.15, -0.1) is 0 Å². The van der Waals surface area contributed by atoms with Gasteiger partial charge in [-0.05, 0) is 61.6 Å². The van der Waals surface area contributed by atoms with E-state index in [0.29, 0.717) is 6.54 Å². The molecule has 0 atom stereocenters. The number of nitrogens with zero attached hydrogens (tertiary/aromatic N) is 1. The number of rotatable bonds is 5. The Kier molecular flexibility index (Phi) is 5.71. The van der Waals surface area contributed by atoms with Crippen LogP contribution in [0.4, 0.5) is 5.69 Å². The molecule has 144 valence electrons. The van der Waals surface area contributed by atoms with E-state index in [9.17, 15) is 4.79 Å². The molecule has 0 fully saturated rings. The molecule has 0 aliphatic carbocycles. The Morgan fingerprint density at radius 3 is 2.19 bits per heavy atom. The summed E-state index contributed by atoms with van der Waals surface area (Å²) in [5, 5.41) is 3.09. The standard InChI is InChI=1S/C22H28N2O3/c1-14-8-15(2)22(16(3)9-14)23-21(25)13-24-7-6-17-10-19(26-4)20(27-5)11-18(17)12-24/h8-11H,6-7,12-13H2,1-5H3,(H,23,25). The van der Waals surface area contributed by atoms with E-state index >= 15 is 0 Å². The van der Waals surface area contributed by atoms with Crippen LogP contribution in [0, 0.1) is 20.8 Å². The predicted octanol–water partition coefficient (Wildman–Crippen LogP) is 3.63. The summed E-state index contributed by atoms with van der Waals surface area (Å²) in [6.07, 6.45) is 0.894. The Bertz CT molecular complexity index is 838. The molecular formula is C22H28N2O3. The zero-order valence-electron chi connectivity index (χ0n) is 16.8. The van der Waals surface area contributed by atoms with Crippen molar-refractivity contribution in [1.29, 1.82) is 0 Å². The van der Waals surface area contributed by atoms with E-state index in [2.05, 4.69) is 29.3 Å². The lowest BCUT2D eigenvalue weighted by Crippen LogP contribution is -2.37. The minimum absolute atomic E-state index is 0.0222. The number of ether oxygens (including phenoxy) is 2. The van der Waals surface area contributed by atoms with Crippen molar-refractivity contribution < 1.29 is 14.3 Å². The van der Waals surface area contributed by atoms with Gasteiger partial charge in [-0.3, -0.25) is 9.69 Å². The van der Waals surface area contributed by atoms with Crippen molar-refractivity contribution in [3.63, 3.8) is 0 Å². The van der Waals surface area contributed by atoms with Gasteiger partial charge in [0.1, 0.15) is 0 Å². The lowest BCUT2D eigenvalue weighted by molar-refractivity contribution is -0.117. The van der Waals surface area contributed by atoms with Gasteiger partial charge in [0.05, 0.1) is 20.8 Å². The quantitative estimate of drug-likeness (QED) is 0.876. The number of aryl methyl sites for hydroxylation is 3. The van der Waals surface area contributed by atoms with Crippen LogP contribution in [0.15, 0.2) is 24.3 Å². The Balaban J connectivity index is 1.69. The van der Waals surface area contributed by atoms with E-state index in [4.69, 9.17) is 9.47 Å². The predicted molar refractivity (Wildman–Crippen MR) is 108 cm³/mol. The van der Waals surface area contributed by atoms with E-state index < -0.39 is 0 Å². The van der Waals surface area contributed by atoms with E-state index in [-0.39, 0.29) is 5.91 Å². The van der Waals surface area contributed by atoms with Crippen LogP contribution in [0.25, 0.3) is 0 Å². The van der Waals surface area contributed by atoms with Crippen LogP contribution in [-0.2, 0) is 17.8 Å². The fourth-order valence-corrected chi connectivity index (χ4v) is 3.84. The van der Waals surface area contributed by atoms with Crippen molar-refractivity contribution >= 4 is 11.6 Å². The van der Waals surface area contributed by atoms with Crippen molar-refractivity contribution in [1.82, 2.24) is 4.90 Å². The molecule has 2 aromatic carbocycles. The summed E-state index contributed by atoms with van der Waals surface area (Å²) in [5.41, 5.74) is 6.78. The number of benzene rings is 2. The summed E-state index contributed by atoms with van der Waals surface area (Å²) >= 11 is 0. The van der Waals surface area contributed by atoms with Crippen LogP contribution in [0.5, 0.6) is 11.5 Å². The maximum Gasteiger partial charge on any atom is 0.238 e. The smallest absolute Gasteiger partial charge is 0.238 e. The van der Waals surface area contributed by atoms with E-state index in [1.165, 1.54) is 16.7 Å². The number of amides is 1. The summed E-state index contributed by atoms with van der Waals surface area (Å²) in [5.74, 6) is 1.51. The monoisotopic (exact) mass is 368 g/mol. The lowest BCUT2D eigenvalue weighted by atomic mass is 9.98. The van der Waals surface area contributed by atoms with Crippen molar-refractivity contribution in [3.05, 3.63) is 52.1 Å². The second kappa shape index (κ2) is 8.01. The number of fused-ring (bicyclic) bond motifs is 1. The highest BCUT2D eigenvalue weighted by atomic mass is 16.5. The first-order valence-corrected chi connectivity index (χ1v) is 9.25. The molecule has 1 aliphatic heterocycles. The van der Waals surface area contributed by atoms with E-state index in [1.54, 1.807) is 14.2 Å². The Labute approximate surface area is 161 Å². The van der Waals surface area contributed by atoms with Gasteiger partial charge in [-0.2, -0.15) is 0 Å². The molecule has 0 aromatic heterocycles. The molecular weight excluding hydrogens is 340 g/mol. The summed E-state index contributed by atoms with van der Waals surface area (Å²) in [7, 11) is 3.29. The molecule has 27 heavy (non-hydrogen) atoms. The van der Waals surface area contributed by atoms with Crippen LogP contribution in [0.2, 0.25) is 0 Å². The van der Waals surface area contributed by atoms with Gasteiger partial charge in [-0.25, -0.2) is 0 Å². The molecule has 2 aromatic rings. The van der Waals surface area contributed by atoms with Crippen LogP contribution in [-0.4, -0.2) is 38.1 Å². The van der Waals surface area contributed by atoms with Crippen molar-refractivity contribution in [2.45, 2.75) is 33.7 Å². The highest BCUT2D eigenvalue weighted by molar-refractivity contribution is 5.93. The third-order valence-corrected chi connectivity index (χ3v) is 5.11. The minimum atomic E-state index is 0.0222. The van der Waals surface area contributed by atoms with E-state index in [1.807, 2.05) is 26.0 Å². The highest BCUT2D eigenvalue weighted by Crippen LogP contribution is 2.33. The normalized spacial score (nSPS) is 13.8. The Hall–Kier alpha value is -2.53. The molecule has 3 rings (SSSR count). The molecule has 0 unspecified atom stereocenters. The highest BCUT2D eigenvalue weighted by Gasteiger charge is 2.21. The average molecular weight is 368 g/mol. The number of nitrogens with one attached hydrogen (secondary N) is 1. The maximum atomic E-state index is 12.6. The molecule has 0 saturated heterocycles. The number of carbonyl (C=O) groups excluding carboxylic acids is 1. The molecule has 0 radical (unpaired) electrons. The fourth-order valence-electron chi connectivity index (χ4n) is 3.84. The maximum absolute atomic E-state index is 12.6. The van der Waals surface area contributed by atoms with Crippen molar-refractivity contribution in [2.75, 3.05) is 32.6 Å². The van der Waals surface area contributed by atoms with Gasteiger partial charge in [-0.1, -0.05) is 17.7 Å². The summed E-state index contributed by atoms with van der Waals surface area (Å²) in [6, 6.07) is 8.26. The first-order chi connectivity index (χ1) is 12.9. The second-order valence-corrected chi connectivity index (χ2v) is 7.26. The van der Waals surface area contributed by atoms with Crippen LogP contribution in [0.1, 0.15) is 27.8 Å². The van der Waals surface area contributed by atoms with Crippen LogP contribution < -0.4 is 14.8 Å². The topological polar surface area (TPSA) is 50.8 Å². The summed E-state index contributed by atoms with van der Waals surface area (Å²) in [6.45, 7) is 8.09. The SMILES string of the molecule is COc1cc2c(cc1OC)CN(CC(=O)Nc1c(C)cc(C)cc1C)CC2. The molecule has 0 spiro atoms. The van der Waals surface area contributed by atoms with Gasteiger partial charge in [0, 0.05) is 18.8 Å². The van der Waals surface area contributed by atoms with E-state index in [0.717, 1.165) is 47.8 Å². The number of methoxy groups -OCH3 is 2. The average Bonchev–Trinajstić information content (AvgIpc) is 2.63. The Morgan fingerprint density at radius 1 is 1.00 bits per heavy atom. The largest absolute Gasteiger partial charge is 0.493 e. The molecule has 0 bridgehead atoms. The van der Waals surface area contributed by atoms with Gasteiger partial charge in [0.25, 0.3) is 0 Å². The van der Waals surface area contributed by atoms with Crippen LogP contribution in [0.3, 0.4) is 0 Å². The fraction of sp³-hybridized carbons (Fsp3) is 0.409. The van der Waals surface area contributed by atoms with Crippen molar-refractivity contribution in [3.8, 4) is 11.5 Å². The minimum Gasteiger partial charge on any atom is -0.493 e. The first kappa shape index (κ1) is 19.2. The van der Waals surface area contributed by atoms with Crippen molar-refractivity contribution in [2.24, 2.45) is 0 Å². The first-order valence-electron chi connectivity index (χ1n) is 9.25. The number of anilines is 1. The Morgan fingerprint density at radius 2 is 1.59 bits per heavy atom. The molecule has 5 nitrogen and oxygen atoms in total. The number of hydrogen-bond acceptors (Lipinski definition) is 4. The van der Waals surface area contributed by atoms with Gasteiger partial charge < -0.3 is 14.8 Å². The molecule has 5 heteroatoms. The number of hydrogen-bond donors (Lipinski definition) is 1. The van der Waals surface area contributed by atoms with Gasteiger partial charge in [0.15, 0.2) is 11.5 Å². The third-order valence-electron chi connectivity index (χ3n) is 5.11. The zero-order chi connectivity index (χ0) is 19.6. The molecule has 1 amide bonds. The molecule has 1 aliphatic rings. The van der Waals surface area contributed by atoms with Crippen LogP contribution >= 0.6 is 0 Å². The van der Waals surface area contributed by atoms with Gasteiger partial charge >= 0.3 is 0 Å². The lowest BCUT2D eigenvalue weighted by Gasteiger charge is -2.29. The molecule has 1 N–H and O–H groups in total. The summed E-state index contributed by atoms with van der Waals surface area (Å²) < 4.78 is 10.8. The summed E-state index contributed by atoms with van der Waals surface area (Å²) in [4.78, 5) is 14.8. The molecule has 1 heterocycles. The van der Waals surface area contributed by atoms with Gasteiger partial charge in [0.2, 0.25) is 5.91 Å². The molecule has 0 saturated carbocycles. The number of carbonyl (C=O) groups is 1. The zero-order valence-corrected chi connectivity index (χ0v) is 16.8. The second-order valence-electron chi connectivity index (χ2n) is 7.26.